The molecular formula is C12H12Cl2O4. The molecule has 1 rings (SSSR count). The fraction of sp³-hybridized carbons (Fsp3) is 0.333. The lowest BCUT2D eigenvalue weighted by Crippen LogP contribution is -2.20. The van der Waals surface area contributed by atoms with E-state index in [9.17, 15) is 14.7 Å². The van der Waals surface area contributed by atoms with Gasteiger partial charge < -0.3 is 10.2 Å². The highest BCUT2D eigenvalue weighted by Crippen LogP contribution is 2.26. The third-order valence-electron chi connectivity index (χ3n) is 2.47. The van der Waals surface area contributed by atoms with Gasteiger partial charge in [0.2, 0.25) is 0 Å². The number of carboxylic acids is 1. The Bertz CT molecular complexity index is 471. The number of carbonyl (C=O) groups excluding carboxylic acids is 1. The zero-order valence-electron chi connectivity index (χ0n) is 9.56. The first-order valence-corrected chi connectivity index (χ1v) is 6.14. The van der Waals surface area contributed by atoms with E-state index in [0.29, 0.717) is 5.56 Å². The van der Waals surface area contributed by atoms with E-state index in [1.54, 1.807) is 12.1 Å². The molecule has 0 aliphatic carbocycles. The van der Waals surface area contributed by atoms with Crippen LogP contribution in [0.25, 0.3) is 0 Å². The van der Waals surface area contributed by atoms with Gasteiger partial charge in [0, 0.05) is 17.0 Å². The number of halogens is 2. The van der Waals surface area contributed by atoms with Crippen molar-refractivity contribution in [3.63, 3.8) is 0 Å². The van der Waals surface area contributed by atoms with Crippen LogP contribution < -0.4 is 0 Å². The lowest BCUT2D eigenvalue weighted by Gasteiger charge is -2.16. The molecule has 0 heterocycles. The summed E-state index contributed by atoms with van der Waals surface area (Å²) in [7, 11) is 0. The van der Waals surface area contributed by atoms with Crippen LogP contribution >= 0.6 is 23.2 Å². The molecule has 1 aromatic carbocycles. The average molecular weight is 291 g/mol. The first-order chi connectivity index (χ1) is 8.40. The van der Waals surface area contributed by atoms with Gasteiger partial charge in [-0.05, 0) is 12.5 Å². The molecule has 2 N–H and O–H groups in total. The molecule has 18 heavy (non-hydrogen) atoms. The number of aliphatic hydroxyl groups is 1. The second-order valence-electron chi connectivity index (χ2n) is 3.73. The number of aliphatic hydroxyl groups excluding tert-OH is 1. The van der Waals surface area contributed by atoms with E-state index in [2.05, 4.69) is 0 Å². The summed E-state index contributed by atoms with van der Waals surface area (Å²) in [5.74, 6) is -1.89. The molecule has 1 aromatic rings. The van der Waals surface area contributed by atoms with Crippen molar-refractivity contribution in [2.24, 2.45) is 0 Å². The third-order valence-corrected chi connectivity index (χ3v) is 2.96. The minimum absolute atomic E-state index is 0.00252. The van der Waals surface area contributed by atoms with Gasteiger partial charge in [-0.2, -0.15) is 0 Å². The molecule has 0 radical (unpaired) electrons. The van der Waals surface area contributed by atoms with Crippen molar-refractivity contribution in [3.8, 4) is 0 Å². The number of Topliss-reactive ketones (excluding diaryl/α,β-unsaturated/α-hetero) is 1. The molecule has 2 atom stereocenters. The maximum absolute atomic E-state index is 11.9. The Balaban J connectivity index is 3.42. The Morgan fingerprint density at radius 3 is 2.44 bits per heavy atom. The fourth-order valence-electron chi connectivity index (χ4n) is 1.61. The minimum Gasteiger partial charge on any atom is -0.479 e. The first kappa shape index (κ1) is 15.0. The molecule has 0 aliphatic heterocycles. The zero-order valence-corrected chi connectivity index (χ0v) is 11.1. The van der Waals surface area contributed by atoms with E-state index in [-0.39, 0.29) is 17.0 Å². The van der Waals surface area contributed by atoms with Gasteiger partial charge in [0.05, 0.1) is 5.38 Å². The Morgan fingerprint density at radius 2 is 2.00 bits per heavy atom. The lowest BCUT2D eigenvalue weighted by molar-refractivity contribution is -0.147. The van der Waals surface area contributed by atoms with Crippen molar-refractivity contribution < 1.29 is 19.8 Å². The van der Waals surface area contributed by atoms with Crippen molar-refractivity contribution >= 4 is 35.0 Å². The van der Waals surface area contributed by atoms with Gasteiger partial charge in [-0.1, -0.05) is 18.2 Å². The number of ketones is 1. The van der Waals surface area contributed by atoms with Gasteiger partial charge >= 0.3 is 5.97 Å². The van der Waals surface area contributed by atoms with Gasteiger partial charge in [0.15, 0.2) is 11.9 Å². The Labute approximate surface area is 114 Å². The normalized spacial score (nSPS) is 14.0. The van der Waals surface area contributed by atoms with E-state index >= 15 is 0 Å². The van der Waals surface area contributed by atoms with Gasteiger partial charge in [-0.25, -0.2) is 4.79 Å². The molecule has 0 saturated heterocycles. The minimum atomic E-state index is -1.80. The number of rotatable bonds is 5. The summed E-state index contributed by atoms with van der Waals surface area (Å²) in [4.78, 5) is 22.8. The highest BCUT2D eigenvalue weighted by molar-refractivity contribution is 6.33. The van der Waals surface area contributed by atoms with Gasteiger partial charge in [-0.15, -0.1) is 23.2 Å². The van der Waals surface area contributed by atoms with Crippen LogP contribution in [0.3, 0.4) is 0 Å². The molecule has 4 nitrogen and oxygen atoms in total. The molecule has 0 amide bonds. The number of benzene rings is 1. The molecule has 0 bridgehead atoms. The van der Waals surface area contributed by atoms with E-state index < -0.39 is 23.2 Å². The standard InChI is InChI=1S/C12H12Cl2O4/c1-6(14)10(15)8-4-2-3-7(5-13)9(8)11(16)12(17)18/h2-4,6,11,16H,5H2,1H3,(H,17,18). The van der Waals surface area contributed by atoms with E-state index in [4.69, 9.17) is 28.3 Å². The number of hydrogen-bond acceptors (Lipinski definition) is 3. The van der Waals surface area contributed by atoms with Gasteiger partial charge in [0.25, 0.3) is 0 Å². The van der Waals surface area contributed by atoms with Crippen LogP contribution in [0.15, 0.2) is 18.2 Å². The Morgan fingerprint density at radius 1 is 1.39 bits per heavy atom. The molecule has 98 valence electrons. The van der Waals surface area contributed by atoms with Crippen molar-refractivity contribution in [1.82, 2.24) is 0 Å². The van der Waals surface area contributed by atoms with Crippen LogP contribution in [0.1, 0.15) is 34.5 Å². The van der Waals surface area contributed by atoms with Gasteiger partial charge in [-0.3, -0.25) is 4.79 Å². The summed E-state index contributed by atoms with van der Waals surface area (Å²) in [6.07, 6.45) is -1.80. The van der Waals surface area contributed by atoms with E-state index in [1.807, 2.05) is 0 Å². The maximum atomic E-state index is 11.9. The predicted molar refractivity (Wildman–Crippen MR) is 68.2 cm³/mol. The van der Waals surface area contributed by atoms with Crippen LogP contribution in [-0.2, 0) is 10.7 Å². The summed E-state index contributed by atoms with van der Waals surface area (Å²) in [5, 5.41) is 17.7. The summed E-state index contributed by atoms with van der Waals surface area (Å²) in [6, 6.07) is 4.56. The number of aliphatic carboxylic acids is 1. The van der Waals surface area contributed by atoms with E-state index in [0.717, 1.165) is 0 Å². The third kappa shape index (κ3) is 3.02. The summed E-state index contributed by atoms with van der Waals surface area (Å²) < 4.78 is 0. The van der Waals surface area contributed by atoms with E-state index in [1.165, 1.54) is 13.0 Å². The second kappa shape index (κ2) is 6.18. The Kier molecular flexibility index (Phi) is 5.14. The predicted octanol–water partition coefficient (Wildman–Crippen LogP) is 2.35. The number of alkyl halides is 2. The van der Waals surface area contributed by atoms with Crippen LogP contribution in [-0.4, -0.2) is 27.3 Å². The molecule has 0 aliphatic rings. The number of carboxylic acid groups (broad SMARTS) is 1. The van der Waals surface area contributed by atoms with Crippen molar-refractivity contribution in [2.75, 3.05) is 0 Å². The average Bonchev–Trinajstić information content (AvgIpc) is 2.35. The molecular weight excluding hydrogens is 279 g/mol. The highest BCUT2D eigenvalue weighted by atomic mass is 35.5. The van der Waals surface area contributed by atoms with Crippen molar-refractivity contribution in [1.29, 1.82) is 0 Å². The van der Waals surface area contributed by atoms with Crippen LogP contribution in [0, 0.1) is 0 Å². The van der Waals surface area contributed by atoms with Crippen molar-refractivity contribution in [3.05, 3.63) is 34.9 Å². The summed E-state index contributed by atoms with van der Waals surface area (Å²) in [6.45, 7) is 1.48. The largest absolute Gasteiger partial charge is 0.479 e. The SMILES string of the molecule is CC(Cl)C(=O)c1cccc(CCl)c1C(O)C(=O)O. The Hall–Kier alpha value is -1.10. The monoisotopic (exact) mass is 290 g/mol. The van der Waals surface area contributed by atoms with Crippen LogP contribution in [0.5, 0.6) is 0 Å². The zero-order chi connectivity index (χ0) is 13.9. The quantitative estimate of drug-likeness (QED) is 0.645. The highest BCUT2D eigenvalue weighted by Gasteiger charge is 2.26. The summed E-state index contributed by atoms with van der Waals surface area (Å²) >= 11 is 11.4. The second-order valence-corrected chi connectivity index (χ2v) is 4.65. The topological polar surface area (TPSA) is 74.6 Å². The van der Waals surface area contributed by atoms with Crippen LogP contribution in [0.2, 0.25) is 0 Å². The fourth-order valence-corrected chi connectivity index (χ4v) is 1.96. The molecule has 6 heteroatoms. The van der Waals surface area contributed by atoms with Crippen LogP contribution in [0.4, 0.5) is 0 Å². The molecule has 0 spiro atoms. The number of carbonyl (C=O) groups is 2. The van der Waals surface area contributed by atoms with Crippen molar-refractivity contribution in [2.45, 2.75) is 24.3 Å². The maximum Gasteiger partial charge on any atom is 0.337 e. The molecule has 2 unspecified atom stereocenters. The molecule has 0 aromatic heterocycles. The summed E-state index contributed by atoms with van der Waals surface area (Å²) in [5.41, 5.74) is 0.498. The molecule has 0 saturated carbocycles. The lowest BCUT2D eigenvalue weighted by atomic mass is 9.93. The van der Waals surface area contributed by atoms with Gasteiger partial charge in [0.1, 0.15) is 0 Å². The first-order valence-electron chi connectivity index (χ1n) is 5.17. The molecule has 0 fully saturated rings. The smallest absolute Gasteiger partial charge is 0.337 e. The number of hydrogen-bond donors (Lipinski definition) is 2.